The molecular weight excluding hydrogens is 387 g/mol. The highest BCUT2D eigenvalue weighted by Crippen LogP contribution is 2.19. The summed E-state index contributed by atoms with van der Waals surface area (Å²) in [6.07, 6.45) is 0. The minimum atomic E-state index is -0.737. The number of carbonyl (C=O) groups excluding carboxylic acids is 2. The third-order valence-electron chi connectivity index (χ3n) is 3.70. The molecule has 0 saturated heterocycles. The monoisotopic (exact) mass is 404 g/mol. The van der Waals surface area contributed by atoms with E-state index >= 15 is 0 Å². The summed E-state index contributed by atoms with van der Waals surface area (Å²) in [5.41, 5.74) is -0.258. The molecule has 146 valence electrons. The lowest BCUT2D eigenvalue weighted by Crippen LogP contribution is -2.31. The predicted octanol–water partition coefficient (Wildman–Crippen LogP) is 1.89. The molecule has 2 aromatic heterocycles. The van der Waals surface area contributed by atoms with E-state index in [0.29, 0.717) is 4.96 Å². The second-order valence-electron chi connectivity index (χ2n) is 6.20. The van der Waals surface area contributed by atoms with E-state index in [1.165, 1.54) is 40.1 Å². The van der Waals surface area contributed by atoms with Crippen molar-refractivity contribution in [3.63, 3.8) is 0 Å². The molecule has 0 fully saturated rings. The van der Waals surface area contributed by atoms with Crippen molar-refractivity contribution in [3.8, 4) is 0 Å². The van der Waals surface area contributed by atoms with Crippen LogP contribution in [0.4, 0.5) is 4.39 Å². The van der Waals surface area contributed by atoms with E-state index < -0.39 is 24.2 Å². The van der Waals surface area contributed by atoms with Crippen molar-refractivity contribution in [2.45, 2.75) is 26.4 Å². The third-order valence-corrected chi connectivity index (χ3v) is 4.91. The highest BCUT2D eigenvalue weighted by molar-refractivity contribution is 7.16. The fourth-order valence-electron chi connectivity index (χ4n) is 2.28. The zero-order chi connectivity index (χ0) is 20.3. The Labute approximate surface area is 163 Å². The molecular formula is C18H17FN4O4S. The van der Waals surface area contributed by atoms with E-state index in [1.807, 2.05) is 13.8 Å². The van der Waals surface area contributed by atoms with Crippen LogP contribution < -0.4 is 10.9 Å². The molecule has 3 rings (SSSR count). The Morgan fingerprint density at radius 2 is 2.07 bits per heavy atom. The van der Waals surface area contributed by atoms with E-state index in [4.69, 9.17) is 4.74 Å². The summed E-state index contributed by atoms with van der Waals surface area (Å²) in [6.45, 7) is 3.25. The van der Waals surface area contributed by atoms with Crippen molar-refractivity contribution in [1.29, 1.82) is 0 Å². The van der Waals surface area contributed by atoms with Gasteiger partial charge in [-0.25, -0.2) is 9.37 Å². The Bertz CT molecular complexity index is 1090. The molecule has 28 heavy (non-hydrogen) atoms. The zero-order valence-electron chi connectivity index (χ0n) is 15.1. The van der Waals surface area contributed by atoms with Gasteiger partial charge in [-0.3, -0.25) is 14.4 Å². The number of hydrogen-bond donors (Lipinski definition) is 1. The van der Waals surface area contributed by atoms with Crippen molar-refractivity contribution < 1.29 is 18.7 Å². The molecule has 2 heterocycles. The first-order valence-corrected chi connectivity index (χ1v) is 9.25. The van der Waals surface area contributed by atoms with Crippen LogP contribution in [0.2, 0.25) is 0 Å². The van der Waals surface area contributed by atoms with Crippen LogP contribution in [0.5, 0.6) is 0 Å². The molecule has 0 aliphatic carbocycles. The van der Waals surface area contributed by atoms with Crippen LogP contribution in [-0.4, -0.2) is 33.0 Å². The van der Waals surface area contributed by atoms with Gasteiger partial charge in [0.05, 0.1) is 11.3 Å². The molecule has 1 aromatic carbocycles. The first-order valence-electron chi connectivity index (χ1n) is 8.43. The van der Waals surface area contributed by atoms with Crippen LogP contribution in [0, 0.1) is 5.82 Å². The van der Waals surface area contributed by atoms with Crippen molar-refractivity contribution in [1.82, 2.24) is 19.9 Å². The van der Waals surface area contributed by atoms with Gasteiger partial charge in [-0.1, -0.05) is 37.3 Å². The van der Waals surface area contributed by atoms with Gasteiger partial charge in [0.15, 0.2) is 0 Å². The highest BCUT2D eigenvalue weighted by atomic mass is 32.1. The largest absolute Gasteiger partial charge is 0.458 e. The number of aromatic nitrogens is 3. The molecule has 0 saturated carbocycles. The molecule has 0 radical (unpaired) electrons. The molecule has 1 N–H and O–H groups in total. The van der Waals surface area contributed by atoms with Gasteiger partial charge < -0.3 is 10.1 Å². The summed E-state index contributed by atoms with van der Waals surface area (Å²) in [5.74, 6) is -1.99. The predicted molar refractivity (Wildman–Crippen MR) is 99.8 cm³/mol. The molecule has 0 unspecified atom stereocenters. The van der Waals surface area contributed by atoms with Crippen LogP contribution in [0.25, 0.3) is 4.96 Å². The topological polar surface area (TPSA) is 103 Å². The molecule has 0 spiro atoms. The van der Waals surface area contributed by atoms with Crippen molar-refractivity contribution in [3.05, 3.63) is 62.8 Å². The maximum Gasteiger partial charge on any atom is 0.325 e. The summed E-state index contributed by atoms with van der Waals surface area (Å²) in [6, 6.07) is 6.67. The van der Waals surface area contributed by atoms with Gasteiger partial charge in [0.1, 0.15) is 24.0 Å². The lowest BCUT2D eigenvalue weighted by molar-refractivity contribution is -0.143. The molecule has 0 aliphatic rings. The molecule has 1 amide bonds. The number of benzene rings is 1. The number of nitrogens with one attached hydrogen (secondary N) is 1. The van der Waals surface area contributed by atoms with Gasteiger partial charge in [0.25, 0.3) is 11.5 Å². The number of esters is 1. The molecule has 10 heteroatoms. The summed E-state index contributed by atoms with van der Waals surface area (Å²) >= 11 is 1.29. The first-order chi connectivity index (χ1) is 13.3. The molecule has 8 nitrogen and oxygen atoms in total. The Morgan fingerprint density at radius 3 is 2.79 bits per heavy atom. The fraction of sp³-hybridized carbons (Fsp3) is 0.278. The number of ether oxygens (including phenoxy) is 1. The smallest absolute Gasteiger partial charge is 0.325 e. The maximum absolute atomic E-state index is 13.5. The van der Waals surface area contributed by atoms with Gasteiger partial charge in [0, 0.05) is 12.0 Å². The van der Waals surface area contributed by atoms with Gasteiger partial charge in [0.2, 0.25) is 4.96 Å². The number of carbonyl (C=O) groups is 2. The fourth-order valence-corrected chi connectivity index (χ4v) is 3.20. The second-order valence-corrected chi connectivity index (χ2v) is 7.19. The Kier molecular flexibility index (Phi) is 5.78. The normalized spacial score (nSPS) is 11.0. The third kappa shape index (κ3) is 4.39. The summed E-state index contributed by atoms with van der Waals surface area (Å²) in [4.78, 5) is 40.5. The second kappa shape index (κ2) is 8.26. The zero-order valence-corrected chi connectivity index (χ0v) is 16.0. The number of fused-ring (bicyclic) bond motifs is 1. The van der Waals surface area contributed by atoms with Crippen LogP contribution >= 0.6 is 11.3 Å². The number of amides is 1. The van der Waals surface area contributed by atoms with E-state index in [-0.39, 0.29) is 29.3 Å². The first kappa shape index (κ1) is 19.6. The average molecular weight is 404 g/mol. The van der Waals surface area contributed by atoms with E-state index in [9.17, 15) is 18.8 Å². The number of hydrogen-bond acceptors (Lipinski definition) is 7. The van der Waals surface area contributed by atoms with Gasteiger partial charge in [-0.05, 0) is 12.1 Å². The van der Waals surface area contributed by atoms with Crippen molar-refractivity contribution in [2.75, 3.05) is 6.54 Å². The minimum Gasteiger partial charge on any atom is -0.458 e. The summed E-state index contributed by atoms with van der Waals surface area (Å²) in [7, 11) is 0. The van der Waals surface area contributed by atoms with Gasteiger partial charge in [-0.2, -0.15) is 9.61 Å². The highest BCUT2D eigenvalue weighted by Gasteiger charge is 2.14. The SMILES string of the molecule is CC(C)c1nn2c(=O)cc(COC(=O)CNC(=O)c3ccccc3F)nc2s1. The standard InChI is InChI=1S/C18H17FN4O4S/c1-10(2)17-22-23-14(24)7-11(21-18(23)28-17)9-27-15(25)8-20-16(26)12-5-3-4-6-13(12)19/h3-7,10H,8-9H2,1-2H3,(H,20,26). The van der Waals surface area contributed by atoms with Crippen LogP contribution in [0.1, 0.15) is 40.8 Å². The van der Waals surface area contributed by atoms with Gasteiger partial charge in [-0.15, -0.1) is 0 Å². The average Bonchev–Trinajstić information content (AvgIpc) is 3.10. The summed E-state index contributed by atoms with van der Waals surface area (Å²) < 4.78 is 19.8. The quantitative estimate of drug-likeness (QED) is 0.630. The van der Waals surface area contributed by atoms with Crippen LogP contribution in [-0.2, 0) is 16.1 Å². The van der Waals surface area contributed by atoms with E-state index in [1.54, 1.807) is 0 Å². The van der Waals surface area contributed by atoms with Crippen molar-refractivity contribution >= 4 is 28.2 Å². The lowest BCUT2D eigenvalue weighted by atomic mass is 10.2. The summed E-state index contributed by atoms with van der Waals surface area (Å²) in [5, 5.41) is 7.26. The van der Waals surface area contributed by atoms with E-state index in [0.717, 1.165) is 11.1 Å². The number of rotatable bonds is 6. The Morgan fingerprint density at radius 1 is 1.32 bits per heavy atom. The van der Waals surface area contributed by atoms with Crippen LogP contribution in [0.3, 0.4) is 0 Å². The lowest BCUT2D eigenvalue weighted by Gasteiger charge is -2.07. The van der Waals surface area contributed by atoms with Crippen molar-refractivity contribution in [2.24, 2.45) is 0 Å². The number of halogens is 1. The van der Waals surface area contributed by atoms with Crippen LogP contribution in [0.15, 0.2) is 35.1 Å². The molecule has 0 bridgehead atoms. The molecule has 0 aliphatic heterocycles. The maximum atomic E-state index is 13.5. The Balaban J connectivity index is 1.59. The van der Waals surface area contributed by atoms with Gasteiger partial charge >= 0.3 is 5.97 Å². The van der Waals surface area contributed by atoms with E-state index in [2.05, 4.69) is 15.4 Å². The Hall–Kier alpha value is -3.14. The molecule has 3 aromatic rings. The number of nitrogens with zero attached hydrogens (tertiary/aromatic N) is 3. The molecule has 0 atom stereocenters. The minimum absolute atomic E-state index is 0.158.